The zero-order valence-corrected chi connectivity index (χ0v) is 19.4. The van der Waals surface area contributed by atoms with Crippen LogP contribution in [0.2, 0.25) is 5.02 Å². The Bertz CT molecular complexity index is 1390. The van der Waals surface area contributed by atoms with E-state index in [4.69, 9.17) is 20.9 Å². The maximum absolute atomic E-state index is 13.3. The van der Waals surface area contributed by atoms with Crippen molar-refractivity contribution in [3.05, 3.63) is 69.2 Å². The van der Waals surface area contributed by atoms with Gasteiger partial charge in [-0.15, -0.1) is 0 Å². The zero-order chi connectivity index (χ0) is 23.7. The van der Waals surface area contributed by atoms with Crippen molar-refractivity contribution in [1.82, 2.24) is 14.9 Å². The summed E-state index contributed by atoms with van der Waals surface area (Å²) in [6, 6.07) is 11.6. The highest BCUT2D eigenvalue weighted by Gasteiger charge is 2.26. The molecule has 2 aromatic carbocycles. The van der Waals surface area contributed by atoms with Crippen LogP contribution in [-0.2, 0) is 4.79 Å². The van der Waals surface area contributed by atoms with Crippen molar-refractivity contribution in [2.75, 3.05) is 12.4 Å². The number of fused-ring (bicyclic) bond motifs is 1. The van der Waals surface area contributed by atoms with Gasteiger partial charge in [0.25, 0.3) is 5.56 Å². The minimum Gasteiger partial charge on any atom is -0.497 e. The summed E-state index contributed by atoms with van der Waals surface area (Å²) in [5.74, 6) is 0.783. The van der Waals surface area contributed by atoms with Crippen molar-refractivity contribution in [2.24, 2.45) is 0 Å². The Balaban J connectivity index is 1.83. The molecule has 33 heavy (non-hydrogen) atoms. The second-order valence-corrected chi connectivity index (χ2v) is 8.10. The van der Waals surface area contributed by atoms with Crippen molar-refractivity contribution in [1.29, 1.82) is 0 Å². The van der Waals surface area contributed by atoms with E-state index < -0.39 is 11.6 Å². The molecule has 2 heterocycles. The Morgan fingerprint density at radius 2 is 1.94 bits per heavy atom. The van der Waals surface area contributed by atoms with Crippen LogP contribution in [-0.4, -0.2) is 28.0 Å². The molecule has 0 aliphatic heterocycles. The monoisotopic (exact) mass is 466 g/mol. The molecule has 1 N–H and O–H groups in total. The van der Waals surface area contributed by atoms with E-state index in [1.807, 2.05) is 32.0 Å². The molecular weight excluding hydrogens is 444 g/mol. The van der Waals surface area contributed by atoms with E-state index in [1.165, 1.54) is 4.68 Å². The van der Waals surface area contributed by atoms with Gasteiger partial charge in [0.2, 0.25) is 5.91 Å². The third kappa shape index (κ3) is 4.21. The van der Waals surface area contributed by atoms with Gasteiger partial charge in [0, 0.05) is 16.3 Å². The largest absolute Gasteiger partial charge is 0.497 e. The number of rotatable bonds is 6. The third-order valence-electron chi connectivity index (χ3n) is 5.52. The Morgan fingerprint density at radius 3 is 2.61 bits per heavy atom. The smallest absolute Gasteiger partial charge is 0.297 e. The zero-order valence-electron chi connectivity index (χ0n) is 18.7. The average Bonchev–Trinajstić information content (AvgIpc) is 3.20. The second kappa shape index (κ2) is 9.07. The Morgan fingerprint density at radius 1 is 1.21 bits per heavy atom. The fraction of sp³-hybridized carbons (Fsp3) is 0.250. The van der Waals surface area contributed by atoms with Gasteiger partial charge in [-0.25, -0.2) is 4.68 Å². The molecule has 9 heteroatoms. The number of aromatic nitrogens is 3. The SMILES string of the molecule is CC[C@@H](C(=O)Nc1cc(Cl)ccc1C)n1nc(-c2ccc(OC)cc2)c2c(C)onc2c1=O. The molecule has 0 saturated carbocycles. The molecular formula is C24H23ClN4O4. The van der Waals surface area contributed by atoms with E-state index in [-0.39, 0.29) is 11.4 Å². The summed E-state index contributed by atoms with van der Waals surface area (Å²) < 4.78 is 11.7. The van der Waals surface area contributed by atoms with Gasteiger partial charge in [-0.05, 0) is 62.2 Å². The highest BCUT2D eigenvalue weighted by molar-refractivity contribution is 6.31. The highest BCUT2D eigenvalue weighted by atomic mass is 35.5. The Kier molecular flexibility index (Phi) is 6.20. The van der Waals surface area contributed by atoms with Gasteiger partial charge in [-0.3, -0.25) is 9.59 Å². The van der Waals surface area contributed by atoms with Crippen molar-refractivity contribution >= 4 is 34.1 Å². The van der Waals surface area contributed by atoms with Crippen LogP contribution in [0, 0.1) is 13.8 Å². The van der Waals surface area contributed by atoms with E-state index in [9.17, 15) is 9.59 Å². The topological polar surface area (TPSA) is 99.2 Å². The molecule has 4 aromatic rings. The number of carbonyl (C=O) groups excluding carboxylic acids is 1. The minimum absolute atomic E-state index is 0.124. The van der Waals surface area contributed by atoms with E-state index in [0.717, 1.165) is 11.1 Å². The molecule has 8 nitrogen and oxygen atoms in total. The van der Waals surface area contributed by atoms with E-state index >= 15 is 0 Å². The van der Waals surface area contributed by atoms with Gasteiger partial charge in [0.05, 0.1) is 12.5 Å². The number of ether oxygens (including phenoxy) is 1. The first-order chi connectivity index (χ1) is 15.8. The first-order valence-corrected chi connectivity index (χ1v) is 10.8. The first kappa shape index (κ1) is 22.5. The molecule has 0 aliphatic rings. The lowest BCUT2D eigenvalue weighted by molar-refractivity contribution is -0.119. The summed E-state index contributed by atoms with van der Waals surface area (Å²) in [4.78, 5) is 26.5. The number of halogens is 1. The van der Waals surface area contributed by atoms with Crippen molar-refractivity contribution in [3.8, 4) is 17.0 Å². The number of nitrogens with one attached hydrogen (secondary N) is 1. The predicted octanol–water partition coefficient (Wildman–Crippen LogP) is 4.92. The van der Waals surface area contributed by atoms with Crippen molar-refractivity contribution < 1.29 is 14.1 Å². The van der Waals surface area contributed by atoms with Crippen LogP contribution in [0.4, 0.5) is 5.69 Å². The molecule has 1 atom stereocenters. The molecule has 0 aliphatic carbocycles. The van der Waals surface area contributed by atoms with Gasteiger partial charge in [-0.1, -0.05) is 29.7 Å². The van der Waals surface area contributed by atoms with Gasteiger partial charge < -0.3 is 14.6 Å². The molecule has 170 valence electrons. The average molecular weight is 467 g/mol. The van der Waals surface area contributed by atoms with Crippen LogP contribution in [0.25, 0.3) is 22.2 Å². The number of hydrogen-bond acceptors (Lipinski definition) is 6. The van der Waals surface area contributed by atoms with Gasteiger partial charge >= 0.3 is 0 Å². The highest BCUT2D eigenvalue weighted by Crippen LogP contribution is 2.30. The summed E-state index contributed by atoms with van der Waals surface area (Å²) in [6.45, 7) is 5.40. The number of carbonyl (C=O) groups is 1. The number of anilines is 1. The molecule has 0 bridgehead atoms. The molecule has 0 saturated heterocycles. The number of amides is 1. The van der Waals surface area contributed by atoms with Crippen LogP contribution in [0.1, 0.15) is 30.7 Å². The van der Waals surface area contributed by atoms with E-state index in [2.05, 4.69) is 15.6 Å². The molecule has 0 spiro atoms. The Hall–Kier alpha value is -3.65. The number of aryl methyl sites for hydroxylation is 2. The standard InChI is InChI=1S/C24H23ClN4O4/c1-5-19(23(30)26-18-12-16(25)9-6-13(18)2)29-24(31)22-20(14(3)33-28-22)21(27-29)15-7-10-17(32-4)11-8-15/h6-12,19H,5H2,1-4H3,(H,26,30)/t19-/m0/s1. The van der Waals surface area contributed by atoms with Crippen LogP contribution < -0.4 is 15.6 Å². The van der Waals surface area contributed by atoms with Crippen LogP contribution in [0.3, 0.4) is 0 Å². The second-order valence-electron chi connectivity index (χ2n) is 7.66. The number of benzene rings is 2. The van der Waals surface area contributed by atoms with Crippen LogP contribution in [0.5, 0.6) is 5.75 Å². The molecule has 2 aromatic heterocycles. The molecule has 0 radical (unpaired) electrons. The van der Waals surface area contributed by atoms with Crippen molar-refractivity contribution in [2.45, 2.75) is 33.2 Å². The van der Waals surface area contributed by atoms with Crippen LogP contribution in [0.15, 0.2) is 51.8 Å². The lowest BCUT2D eigenvalue weighted by Gasteiger charge is -2.19. The maximum Gasteiger partial charge on any atom is 0.297 e. The number of hydrogen-bond donors (Lipinski definition) is 1. The van der Waals surface area contributed by atoms with Crippen molar-refractivity contribution in [3.63, 3.8) is 0 Å². The minimum atomic E-state index is -0.866. The normalized spacial score (nSPS) is 12.0. The number of nitrogens with zero attached hydrogens (tertiary/aromatic N) is 3. The van der Waals surface area contributed by atoms with E-state index in [1.54, 1.807) is 38.3 Å². The van der Waals surface area contributed by atoms with Gasteiger partial charge in [0.15, 0.2) is 5.52 Å². The van der Waals surface area contributed by atoms with Crippen LogP contribution >= 0.6 is 11.6 Å². The molecule has 1 amide bonds. The summed E-state index contributed by atoms with van der Waals surface area (Å²) in [7, 11) is 1.59. The van der Waals surface area contributed by atoms with Gasteiger partial charge in [-0.2, -0.15) is 5.10 Å². The lowest BCUT2D eigenvalue weighted by Crippen LogP contribution is -2.35. The maximum atomic E-state index is 13.3. The fourth-order valence-electron chi connectivity index (χ4n) is 3.69. The quantitative estimate of drug-likeness (QED) is 0.433. The number of methoxy groups -OCH3 is 1. The summed E-state index contributed by atoms with van der Waals surface area (Å²) >= 11 is 6.09. The summed E-state index contributed by atoms with van der Waals surface area (Å²) in [6.07, 6.45) is 0.336. The molecule has 0 unspecified atom stereocenters. The molecule has 4 rings (SSSR count). The predicted molar refractivity (Wildman–Crippen MR) is 127 cm³/mol. The van der Waals surface area contributed by atoms with E-state index in [0.29, 0.717) is 39.7 Å². The summed E-state index contributed by atoms with van der Waals surface area (Å²) in [5.41, 5.74) is 2.29. The lowest BCUT2D eigenvalue weighted by atomic mass is 10.1. The molecule has 0 fully saturated rings. The fourth-order valence-corrected chi connectivity index (χ4v) is 3.86. The first-order valence-electron chi connectivity index (χ1n) is 10.4. The summed E-state index contributed by atoms with van der Waals surface area (Å²) in [5, 5.41) is 12.5. The Labute approximate surface area is 195 Å². The third-order valence-corrected chi connectivity index (χ3v) is 5.76. The van der Waals surface area contributed by atoms with Gasteiger partial charge in [0.1, 0.15) is 23.2 Å².